The molecule has 1 atom stereocenters. The van der Waals surface area contributed by atoms with Crippen LogP contribution in [0.4, 0.5) is 0 Å². The lowest BCUT2D eigenvalue weighted by molar-refractivity contribution is -0.128. The number of carboxylic acids is 1. The highest BCUT2D eigenvalue weighted by Gasteiger charge is 2.19. The maximum absolute atomic E-state index is 11.8. The molecule has 0 aliphatic rings. The van der Waals surface area contributed by atoms with Crippen molar-refractivity contribution in [1.29, 1.82) is 0 Å². The first kappa shape index (κ1) is 14.4. The summed E-state index contributed by atoms with van der Waals surface area (Å²) in [6.07, 6.45) is 0. The largest absolute Gasteiger partial charge is 0.475 e. The predicted molar refractivity (Wildman–Crippen MR) is 64.8 cm³/mol. The minimum atomic E-state index is -1.67. The Kier molecular flexibility index (Phi) is 4.66. The highest BCUT2D eigenvalue weighted by molar-refractivity contribution is 7.85. The Morgan fingerprint density at radius 2 is 2.06 bits per heavy atom. The summed E-state index contributed by atoms with van der Waals surface area (Å²) in [7, 11) is -0.0475. The van der Waals surface area contributed by atoms with Gasteiger partial charge in [-0.25, -0.2) is 4.79 Å². The van der Waals surface area contributed by atoms with Gasteiger partial charge in [-0.2, -0.15) is 0 Å². The average Bonchev–Trinajstić information content (AvgIpc) is 2.76. The van der Waals surface area contributed by atoms with E-state index >= 15 is 0 Å². The highest BCUT2D eigenvalue weighted by atomic mass is 32.2. The van der Waals surface area contributed by atoms with Gasteiger partial charge >= 0.3 is 5.97 Å². The lowest BCUT2D eigenvalue weighted by Gasteiger charge is -2.20. The summed E-state index contributed by atoms with van der Waals surface area (Å²) >= 11 is 0. The van der Waals surface area contributed by atoms with Crippen molar-refractivity contribution in [3.05, 3.63) is 17.9 Å². The maximum atomic E-state index is 11.8. The van der Waals surface area contributed by atoms with Gasteiger partial charge in [0.2, 0.25) is 11.7 Å². The quantitative estimate of drug-likeness (QED) is 0.863. The normalized spacial score (nSPS) is 12.4. The molecule has 1 N–H and O–H groups in total. The van der Waals surface area contributed by atoms with Crippen molar-refractivity contribution < 1.29 is 23.3 Å². The van der Waals surface area contributed by atoms with Gasteiger partial charge in [-0.05, 0) is 26.0 Å². The van der Waals surface area contributed by atoms with E-state index in [0.717, 1.165) is 0 Å². The van der Waals surface area contributed by atoms with E-state index in [4.69, 9.17) is 9.52 Å². The molecule has 1 rings (SSSR count). The Morgan fingerprint density at radius 3 is 2.50 bits per heavy atom. The first-order valence-electron chi connectivity index (χ1n) is 5.30. The van der Waals surface area contributed by atoms with Gasteiger partial charge in [0.05, 0.1) is 10.8 Å². The van der Waals surface area contributed by atoms with Gasteiger partial charge in [0, 0.05) is 13.1 Å². The molecule has 100 valence electrons. The van der Waals surface area contributed by atoms with Crippen molar-refractivity contribution in [2.45, 2.75) is 25.0 Å². The van der Waals surface area contributed by atoms with E-state index in [1.54, 1.807) is 7.05 Å². The molecule has 0 spiro atoms. The van der Waals surface area contributed by atoms with Crippen molar-refractivity contribution in [1.82, 2.24) is 4.90 Å². The van der Waals surface area contributed by atoms with Crippen LogP contribution in [0.2, 0.25) is 0 Å². The first-order chi connectivity index (χ1) is 8.32. The summed E-state index contributed by atoms with van der Waals surface area (Å²) in [6, 6.07) is 2.54. The minimum Gasteiger partial charge on any atom is -0.475 e. The molecule has 18 heavy (non-hydrogen) atoms. The van der Waals surface area contributed by atoms with Gasteiger partial charge in [-0.3, -0.25) is 9.00 Å². The summed E-state index contributed by atoms with van der Waals surface area (Å²) < 4.78 is 16.7. The molecule has 0 aliphatic carbocycles. The molecule has 0 radical (unpaired) electrons. The van der Waals surface area contributed by atoms with Crippen LogP contribution in [0, 0.1) is 0 Å². The Hall–Kier alpha value is -1.63. The van der Waals surface area contributed by atoms with E-state index in [0.29, 0.717) is 0 Å². The van der Waals surface area contributed by atoms with Gasteiger partial charge in [0.1, 0.15) is 5.75 Å². The van der Waals surface area contributed by atoms with E-state index in [2.05, 4.69) is 0 Å². The fourth-order valence-corrected chi connectivity index (χ4v) is 2.10. The van der Waals surface area contributed by atoms with Crippen LogP contribution in [0.5, 0.6) is 0 Å². The molecule has 0 aliphatic heterocycles. The number of rotatable bonds is 5. The van der Waals surface area contributed by atoms with E-state index in [1.165, 1.54) is 17.0 Å². The van der Waals surface area contributed by atoms with E-state index < -0.39 is 16.8 Å². The molecule has 1 heterocycles. The van der Waals surface area contributed by atoms with Crippen molar-refractivity contribution in [3.8, 4) is 0 Å². The fourth-order valence-electron chi connectivity index (χ4n) is 1.13. The van der Waals surface area contributed by atoms with E-state index in [1.807, 2.05) is 13.8 Å². The van der Waals surface area contributed by atoms with Crippen LogP contribution in [0.15, 0.2) is 21.6 Å². The van der Waals surface area contributed by atoms with Gasteiger partial charge < -0.3 is 14.4 Å². The summed E-state index contributed by atoms with van der Waals surface area (Å²) in [5.74, 6) is -2.02. The number of hydrogen-bond acceptors (Lipinski definition) is 4. The lowest BCUT2D eigenvalue weighted by atomic mass is 10.3. The topological polar surface area (TPSA) is 87.8 Å². The number of carbonyl (C=O) groups excluding carboxylic acids is 1. The molecule has 0 fully saturated rings. The first-order valence-corrected chi connectivity index (χ1v) is 6.62. The molecule has 1 amide bonds. The third-order valence-electron chi connectivity index (χ3n) is 2.44. The Morgan fingerprint density at radius 1 is 1.44 bits per heavy atom. The van der Waals surface area contributed by atoms with Crippen molar-refractivity contribution in [2.75, 3.05) is 12.8 Å². The zero-order valence-corrected chi connectivity index (χ0v) is 11.2. The number of furan rings is 1. The second-order valence-electron chi connectivity index (χ2n) is 4.01. The molecular formula is C11H15NO5S. The third kappa shape index (κ3) is 3.43. The molecule has 6 nitrogen and oxygen atoms in total. The number of carboxylic acid groups (broad SMARTS) is 1. The Labute approximate surface area is 107 Å². The van der Waals surface area contributed by atoms with Crippen LogP contribution in [0.3, 0.4) is 0 Å². The molecular weight excluding hydrogens is 258 g/mol. The van der Waals surface area contributed by atoms with Crippen LogP contribution < -0.4 is 0 Å². The van der Waals surface area contributed by atoms with E-state index in [-0.39, 0.29) is 28.6 Å². The van der Waals surface area contributed by atoms with Crippen molar-refractivity contribution >= 4 is 22.7 Å². The minimum absolute atomic E-state index is 0.00194. The SMILES string of the molecule is CC(C)N(C)C(=O)CS(=O)c1ccc(C(=O)O)o1. The number of amides is 1. The third-order valence-corrected chi connectivity index (χ3v) is 3.62. The molecule has 0 bridgehead atoms. The average molecular weight is 273 g/mol. The molecule has 0 saturated carbocycles. The zero-order valence-electron chi connectivity index (χ0n) is 10.4. The molecule has 0 aromatic carbocycles. The number of carbonyl (C=O) groups is 2. The van der Waals surface area contributed by atoms with Crippen LogP contribution in [-0.4, -0.2) is 44.9 Å². The predicted octanol–water partition coefficient (Wildman–Crippen LogP) is 0.952. The standard InChI is InChI=1S/C11H15NO5S/c1-7(2)12(3)9(13)6-18(16)10-5-4-8(17-10)11(14)15/h4-5,7H,6H2,1-3H3,(H,14,15). The monoisotopic (exact) mass is 273 g/mol. The highest BCUT2D eigenvalue weighted by Crippen LogP contribution is 2.13. The molecule has 1 aromatic heterocycles. The van der Waals surface area contributed by atoms with Gasteiger partial charge in [-0.15, -0.1) is 0 Å². The summed E-state index contributed by atoms with van der Waals surface area (Å²) in [4.78, 5) is 23.7. The molecule has 1 unspecified atom stereocenters. The van der Waals surface area contributed by atoms with Crippen LogP contribution in [-0.2, 0) is 15.6 Å². The van der Waals surface area contributed by atoms with Crippen LogP contribution in [0.25, 0.3) is 0 Å². The maximum Gasteiger partial charge on any atom is 0.371 e. The van der Waals surface area contributed by atoms with Crippen LogP contribution >= 0.6 is 0 Å². The van der Waals surface area contributed by atoms with E-state index in [9.17, 15) is 13.8 Å². The summed E-state index contributed by atoms with van der Waals surface area (Å²) in [5, 5.41) is 8.65. The summed E-state index contributed by atoms with van der Waals surface area (Å²) in [6.45, 7) is 3.69. The van der Waals surface area contributed by atoms with Crippen molar-refractivity contribution in [3.63, 3.8) is 0 Å². The molecule has 1 aromatic rings. The number of aromatic carboxylic acids is 1. The van der Waals surface area contributed by atoms with Gasteiger partial charge in [0.25, 0.3) is 0 Å². The number of nitrogens with zero attached hydrogens (tertiary/aromatic N) is 1. The molecule has 7 heteroatoms. The van der Waals surface area contributed by atoms with Crippen molar-refractivity contribution in [2.24, 2.45) is 0 Å². The Bertz CT molecular complexity index is 480. The molecule has 0 saturated heterocycles. The number of hydrogen-bond donors (Lipinski definition) is 1. The van der Waals surface area contributed by atoms with Crippen LogP contribution in [0.1, 0.15) is 24.4 Å². The zero-order chi connectivity index (χ0) is 13.9. The van der Waals surface area contributed by atoms with Gasteiger partial charge in [0.15, 0.2) is 5.09 Å². The smallest absolute Gasteiger partial charge is 0.371 e. The van der Waals surface area contributed by atoms with Gasteiger partial charge in [-0.1, -0.05) is 0 Å². The second kappa shape index (κ2) is 5.81. The lowest BCUT2D eigenvalue weighted by Crippen LogP contribution is -2.36. The fraction of sp³-hybridized carbons (Fsp3) is 0.455. The summed E-state index contributed by atoms with van der Waals surface area (Å²) in [5.41, 5.74) is 0. The Balaban J connectivity index is 2.70. The second-order valence-corrected chi connectivity index (χ2v) is 5.39.